The average molecular weight is 316 g/mol. The van der Waals surface area contributed by atoms with Crippen LogP contribution in [0.25, 0.3) is 10.1 Å². The average Bonchev–Trinajstić information content (AvgIpc) is 3.14. The summed E-state index contributed by atoms with van der Waals surface area (Å²) in [5, 5.41) is 5.08. The summed E-state index contributed by atoms with van der Waals surface area (Å²) in [6, 6.07) is 15.9. The highest BCUT2D eigenvalue weighted by molar-refractivity contribution is 7.19. The predicted molar refractivity (Wildman–Crippen MR) is 95.7 cm³/mol. The summed E-state index contributed by atoms with van der Waals surface area (Å²) in [7, 11) is 0. The lowest BCUT2D eigenvalue weighted by Crippen LogP contribution is -2.21. The van der Waals surface area contributed by atoms with Crippen LogP contribution in [0.15, 0.2) is 42.5 Å². The molecule has 21 heavy (non-hydrogen) atoms. The van der Waals surface area contributed by atoms with Gasteiger partial charge in [-0.3, -0.25) is 0 Å². The third-order valence-corrected chi connectivity index (χ3v) is 6.12. The van der Waals surface area contributed by atoms with Crippen LogP contribution < -0.4 is 5.32 Å². The molecule has 0 saturated carbocycles. The molecule has 0 aliphatic carbocycles. The van der Waals surface area contributed by atoms with Gasteiger partial charge < -0.3 is 5.32 Å². The first-order valence-corrected chi connectivity index (χ1v) is 9.25. The van der Waals surface area contributed by atoms with Crippen molar-refractivity contribution in [3.63, 3.8) is 0 Å². The predicted octanol–water partition coefficient (Wildman–Crippen LogP) is 5.61. The summed E-state index contributed by atoms with van der Waals surface area (Å²) in [6.45, 7) is 5.50. The van der Waals surface area contributed by atoms with E-state index in [9.17, 15) is 0 Å². The maximum absolute atomic E-state index is 3.72. The van der Waals surface area contributed by atoms with Gasteiger partial charge in [0.15, 0.2) is 0 Å². The Bertz CT molecular complexity index is 678. The van der Waals surface area contributed by atoms with Gasteiger partial charge >= 0.3 is 0 Å². The van der Waals surface area contributed by atoms with E-state index in [1.54, 1.807) is 0 Å². The Hall–Kier alpha value is -1.16. The number of aryl methyl sites for hydroxylation is 1. The molecule has 0 radical (unpaired) electrons. The number of fused-ring (bicyclic) bond motifs is 1. The molecule has 0 saturated heterocycles. The van der Waals surface area contributed by atoms with Crippen LogP contribution in [0.3, 0.4) is 0 Å². The second kappa shape index (κ2) is 6.73. The molecule has 2 heterocycles. The lowest BCUT2D eigenvalue weighted by atomic mass is 10.1. The van der Waals surface area contributed by atoms with Crippen LogP contribution in [0.2, 0.25) is 0 Å². The van der Waals surface area contributed by atoms with Crippen molar-refractivity contribution in [2.75, 3.05) is 6.54 Å². The SMILES string of the molecule is CCCNC(c1ccc(CC)s1)c1cc2ccccc2s1. The van der Waals surface area contributed by atoms with Gasteiger partial charge in [0.1, 0.15) is 0 Å². The minimum absolute atomic E-state index is 0.340. The molecule has 0 spiro atoms. The molecule has 1 N–H and O–H groups in total. The molecule has 1 unspecified atom stereocenters. The second-order valence-corrected chi connectivity index (χ2v) is 7.55. The molecule has 3 rings (SSSR count). The zero-order valence-electron chi connectivity index (χ0n) is 12.6. The van der Waals surface area contributed by atoms with Crippen LogP contribution in [0.1, 0.15) is 40.9 Å². The summed E-state index contributed by atoms with van der Waals surface area (Å²) in [6.07, 6.45) is 2.28. The molecule has 1 atom stereocenters. The smallest absolute Gasteiger partial charge is 0.0765 e. The zero-order chi connectivity index (χ0) is 14.7. The van der Waals surface area contributed by atoms with Crippen LogP contribution in [0.4, 0.5) is 0 Å². The fraction of sp³-hybridized carbons (Fsp3) is 0.333. The Morgan fingerprint density at radius 2 is 1.86 bits per heavy atom. The first kappa shape index (κ1) is 14.8. The van der Waals surface area contributed by atoms with Gasteiger partial charge in [-0.2, -0.15) is 0 Å². The number of thiophene rings is 2. The van der Waals surface area contributed by atoms with Crippen molar-refractivity contribution in [1.82, 2.24) is 5.32 Å². The normalized spacial score (nSPS) is 12.9. The second-order valence-electron chi connectivity index (χ2n) is 5.23. The molecule has 0 aliphatic rings. The van der Waals surface area contributed by atoms with Gasteiger partial charge in [-0.15, -0.1) is 22.7 Å². The summed E-state index contributed by atoms with van der Waals surface area (Å²) < 4.78 is 1.38. The van der Waals surface area contributed by atoms with Crippen molar-refractivity contribution in [3.05, 3.63) is 57.1 Å². The highest BCUT2D eigenvalue weighted by atomic mass is 32.1. The number of benzene rings is 1. The monoisotopic (exact) mass is 315 g/mol. The topological polar surface area (TPSA) is 12.0 Å². The van der Waals surface area contributed by atoms with Crippen LogP contribution >= 0.6 is 22.7 Å². The van der Waals surface area contributed by atoms with Crippen molar-refractivity contribution in [1.29, 1.82) is 0 Å². The Balaban J connectivity index is 1.97. The van der Waals surface area contributed by atoms with E-state index < -0.39 is 0 Å². The third kappa shape index (κ3) is 3.20. The molecule has 1 aromatic carbocycles. The van der Waals surface area contributed by atoms with Gasteiger partial charge in [0.25, 0.3) is 0 Å². The Morgan fingerprint density at radius 3 is 2.57 bits per heavy atom. The molecule has 0 aliphatic heterocycles. The molecule has 1 nitrogen and oxygen atoms in total. The molecule has 3 heteroatoms. The molecular weight excluding hydrogens is 294 g/mol. The van der Waals surface area contributed by atoms with Gasteiger partial charge in [0, 0.05) is 19.3 Å². The number of hydrogen-bond acceptors (Lipinski definition) is 3. The van der Waals surface area contributed by atoms with E-state index >= 15 is 0 Å². The lowest BCUT2D eigenvalue weighted by Gasteiger charge is -2.15. The highest BCUT2D eigenvalue weighted by Crippen LogP contribution is 2.35. The van der Waals surface area contributed by atoms with Crippen molar-refractivity contribution < 1.29 is 0 Å². The molecule has 0 bridgehead atoms. The standard InChI is InChI=1S/C18H21NS2/c1-3-11-19-18(16-10-9-14(4-2)20-16)17-12-13-7-5-6-8-15(13)21-17/h5-10,12,18-19H,3-4,11H2,1-2H3. The molecule has 0 amide bonds. The maximum atomic E-state index is 3.72. The Morgan fingerprint density at radius 1 is 1.00 bits per heavy atom. The van der Waals surface area contributed by atoms with Gasteiger partial charge in [0.05, 0.1) is 6.04 Å². The Kier molecular flexibility index (Phi) is 4.73. The number of nitrogens with one attached hydrogen (secondary N) is 1. The van der Waals surface area contributed by atoms with Crippen LogP contribution in [0, 0.1) is 0 Å². The molecule has 0 fully saturated rings. The van der Waals surface area contributed by atoms with E-state index in [0.29, 0.717) is 6.04 Å². The first-order valence-electron chi connectivity index (χ1n) is 7.62. The van der Waals surface area contributed by atoms with Crippen molar-refractivity contribution >= 4 is 32.8 Å². The largest absolute Gasteiger partial charge is 0.305 e. The van der Waals surface area contributed by atoms with E-state index in [-0.39, 0.29) is 0 Å². The number of hydrogen-bond donors (Lipinski definition) is 1. The summed E-state index contributed by atoms with van der Waals surface area (Å²) in [5.41, 5.74) is 0. The van der Waals surface area contributed by atoms with E-state index in [1.807, 2.05) is 22.7 Å². The fourth-order valence-corrected chi connectivity index (χ4v) is 4.80. The molecule has 110 valence electrons. The molecular formula is C18H21NS2. The van der Waals surface area contributed by atoms with Gasteiger partial charge in [0.2, 0.25) is 0 Å². The van der Waals surface area contributed by atoms with Crippen molar-refractivity contribution in [2.45, 2.75) is 32.7 Å². The van der Waals surface area contributed by atoms with Crippen LogP contribution in [0.5, 0.6) is 0 Å². The molecule has 3 aromatic rings. The van der Waals surface area contributed by atoms with Gasteiger partial charge in [-0.05, 0) is 49.0 Å². The zero-order valence-corrected chi connectivity index (χ0v) is 14.2. The van der Waals surface area contributed by atoms with E-state index in [0.717, 1.165) is 19.4 Å². The van der Waals surface area contributed by atoms with Gasteiger partial charge in [-0.1, -0.05) is 32.0 Å². The lowest BCUT2D eigenvalue weighted by molar-refractivity contribution is 0.613. The number of rotatable bonds is 6. The molecule has 2 aromatic heterocycles. The minimum atomic E-state index is 0.340. The van der Waals surface area contributed by atoms with E-state index in [1.165, 1.54) is 24.7 Å². The quantitative estimate of drug-likeness (QED) is 0.623. The van der Waals surface area contributed by atoms with Crippen LogP contribution in [-0.4, -0.2) is 6.54 Å². The van der Waals surface area contributed by atoms with Gasteiger partial charge in [-0.25, -0.2) is 0 Å². The first-order chi connectivity index (χ1) is 10.3. The third-order valence-electron chi connectivity index (χ3n) is 3.64. The van der Waals surface area contributed by atoms with Crippen molar-refractivity contribution in [3.8, 4) is 0 Å². The maximum Gasteiger partial charge on any atom is 0.0765 e. The Labute approximate surface area is 134 Å². The van der Waals surface area contributed by atoms with E-state index in [4.69, 9.17) is 0 Å². The van der Waals surface area contributed by atoms with Crippen molar-refractivity contribution in [2.24, 2.45) is 0 Å². The minimum Gasteiger partial charge on any atom is -0.305 e. The van der Waals surface area contributed by atoms with Crippen LogP contribution in [-0.2, 0) is 6.42 Å². The fourth-order valence-electron chi connectivity index (χ4n) is 2.51. The summed E-state index contributed by atoms with van der Waals surface area (Å²) in [4.78, 5) is 4.33. The summed E-state index contributed by atoms with van der Waals surface area (Å²) >= 11 is 3.85. The van der Waals surface area contributed by atoms with E-state index in [2.05, 4.69) is 61.6 Å². The highest BCUT2D eigenvalue weighted by Gasteiger charge is 2.18. The summed E-state index contributed by atoms with van der Waals surface area (Å²) in [5.74, 6) is 0.